The number of carbonyl (C=O) groups is 3. The van der Waals surface area contributed by atoms with Gasteiger partial charge in [-0.2, -0.15) is 0 Å². The van der Waals surface area contributed by atoms with Gasteiger partial charge in [0.2, 0.25) is 11.8 Å². The van der Waals surface area contributed by atoms with Gasteiger partial charge in [-0.3, -0.25) is 19.6 Å². The average Bonchev–Trinajstić information content (AvgIpc) is 2.87. The van der Waals surface area contributed by atoms with E-state index in [4.69, 9.17) is 5.21 Å². The van der Waals surface area contributed by atoms with Crippen molar-refractivity contribution in [3.63, 3.8) is 0 Å². The van der Waals surface area contributed by atoms with Crippen LogP contribution in [-0.4, -0.2) is 43.1 Å². The summed E-state index contributed by atoms with van der Waals surface area (Å²) in [5.74, 6) is -0.915. The number of amides is 3. The van der Waals surface area contributed by atoms with Gasteiger partial charge in [0.15, 0.2) is 0 Å². The molecule has 0 spiro atoms. The minimum Gasteiger partial charge on any atom is -0.378 e. The molecule has 0 radical (unpaired) electrons. The number of fused-ring (bicyclic) bond motifs is 1. The van der Waals surface area contributed by atoms with Crippen LogP contribution in [-0.2, 0) is 16.0 Å². The molecule has 2 aromatic rings. The first-order valence-corrected chi connectivity index (χ1v) is 12.3. The Morgan fingerprint density at radius 2 is 1.77 bits per heavy atom. The van der Waals surface area contributed by atoms with Crippen molar-refractivity contribution in [2.45, 2.75) is 63.5 Å². The summed E-state index contributed by atoms with van der Waals surface area (Å²) in [6.45, 7) is 0. The lowest BCUT2D eigenvalue weighted by Crippen LogP contribution is -2.48. The van der Waals surface area contributed by atoms with E-state index in [9.17, 15) is 14.4 Å². The molecule has 1 unspecified atom stereocenters. The Hall–Kier alpha value is -3.39. The fraction of sp³-hybridized carbons (Fsp3) is 0.444. The zero-order valence-electron chi connectivity index (χ0n) is 20.5. The molecular weight excluding hydrogens is 444 g/mol. The fourth-order valence-corrected chi connectivity index (χ4v) is 4.46. The molecule has 1 aliphatic carbocycles. The first-order valence-electron chi connectivity index (χ1n) is 12.3. The van der Waals surface area contributed by atoms with Crippen LogP contribution in [0.15, 0.2) is 48.5 Å². The number of nitrogens with zero attached hydrogens (tertiary/aromatic N) is 1. The van der Waals surface area contributed by atoms with Crippen LogP contribution in [0.25, 0.3) is 0 Å². The van der Waals surface area contributed by atoms with Gasteiger partial charge in [-0.25, -0.2) is 5.48 Å². The molecule has 188 valence electrons. The smallest absolute Gasteiger partial charge is 0.251 e. The zero-order chi connectivity index (χ0) is 25.2. The summed E-state index contributed by atoms with van der Waals surface area (Å²) in [4.78, 5) is 39.5. The van der Waals surface area contributed by atoms with E-state index in [1.165, 1.54) is 5.56 Å². The lowest BCUT2D eigenvalue weighted by molar-refractivity contribution is -0.129. The van der Waals surface area contributed by atoms with E-state index in [1.54, 1.807) is 17.6 Å². The molecule has 3 rings (SSSR count). The Kier molecular flexibility index (Phi) is 9.66. The van der Waals surface area contributed by atoms with E-state index in [0.29, 0.717) is 31.2 Å². The highest BCUT2D eigenvalue weighted by Gasteiger charge is 2.26. The van der Waals surface area contributed by atoms with Crippen LogP contribution in [0, 0.1) is 0 Å². The quantitative estimate of drug-likeness (QED) is 0.224. The summed E-state index contributed by atoms with van der Waals surface area (Å²) in [6.07, 6.45) is 5.52. The molecule has 0 aliphatic heterocycles. The highest BCUT2D eigenvalue weighted by molar-refractivity contribution is 5.97. The van der Waals surface area contributed by atoms with E-state index >= 15 is 0 Å². The number of benzene rings is 2. The van der Waals surface area contributed by atoms with Crippen LogP contribution in [0.1, 0.15) is 72.5 Å². The molecule has 2 atom stereocenters. The summed E-state index contributed by atoms with van der Waals surface area (Å²) in [5.41, 5.74) is 5.51. The second kappa shape index (κ2) is 12.9. The predicted octanol–water partition coefficient (Wildman–Crippen LogP) is 3.50. The van der Waals surface area contributed by atoms with Gasteiger partial charge < -0.3 is 15.5 Å². The molecule has 8 nitrogen and oxygen atoms in total. The number of rotatable bonds is 11. The van der Waals surface area contributed by atoms with E-state index in [2.05, 4.69) is 22.8 Å². The maximum absolute atomic E-state index is 13.3. The van der Waals surface area contributed by atoms with E-state index < -0.39 is 11.9 Å². The number of hydrogen-bond donors (Lipinski definition) is 4. The van der Waals surface area contributed by atoms with Crippen molar-refractivity contribution in [3.05, 3.63) is 65.2 Å². The fourth-order valence-electron chi connectivity index (χ4n) is 4.46. The SMILES string of the molecule is CN(C)c1ccc(C(=O)N[C@@H](CCCCCC(=O)NO)C(=O)NC2CCCc3ccccc32)cc1. The lowest BCUT2D eigenvalue weighted by atomic mass is 9.87. The molecule has 3 amide bonds. The van der Waals surface area contributed by atoms with Crippen LogP contribution in [0.2, 0.25) is 0 Å². The summed E-state index contributed by atoms with van der Waals surface area (Å²) in [6, 6.07) is 14.7. The summed E-state index contributed by atoms with van der Waals surface area (Å²) >= 11 is 0. The molecule has 0 saturated heterocycles. The summed E-state index contributed by atoms with van der Waals surface area (Å²) in [7, 11) is 3.87. The second-order valence-corrected chi connectivity index (χ2v) is 9.25. The van der Waals surface area contributed by atoms with Gasteiger partial charge in [0.05, 0.1) is 6.04 Å². The third kappa shape index (κ3) is 7.55. The molecule has 4 N–H and O–H groups in total. The monoisotopic (exact) mass is 480 g/mol. The van der Waals surface area contributed by atoms with Crippen LogP contribution < -0.4 is 21.0 Å². The first kappa shape index (κ1) is 26.2. The van der Waals surface area contributed by atoms with Crippen LogP contribution in [0.5, 0.6) is 0 Å². The van der Waals surface area contributed by atoms with Gasteiger partial charge in [-0.15, -0.1) is 0 Å². The number of carbonyl (C=O) groups excluding carboxylic acids is 3. The number of hydrogen-bond acceptors (Lipinski definition) is 5. The van der Waals surface area contributed by atoms with Crippen LogP contribution >= 0.6 is 0 Å². The molecule has 1 aliphatic rings. The van der Waals surface area contributed by atoms with Gasteiger partial charge in [0.1, 0.15) is 6.04 Å². The normalized spacial score (nSPS) is 15.5. The molecule has 35 heavy (non-hydrogen) atoms. The molecular formula is C27H36N4O4. The van der Waals surface area contributed by atoms with Crippen molar-refractivity contribution in [1.29, 1.82) is 0 Å². The summed E-state index contributed by atoms with van der Waals surface area (Å²) in [5, 5.41) is 14.7. The number of anilines is 1. The molecule has 2 aromatic carbocycles. The number of nitrogens with one attached hydrogen (secondary N) is 3. The number of unbranched alkanes of at least 4 members (excludes halogenated alkanes) is 2. The maximum atomic E-state index is 13.3. The highest BCUT2D eigenvalue weighted by Crippen LogP contribution is 2.29. The second-order valence-electron chi connectivity index (χ2n) is 9.25. The standard InChI is InChI=1S/C27H36N4O4/c1-31(2)21-17-15-20(16-18-21)26(33)29-24(12-4-3-5-14-25(32)30-35)27(34)28-23-13-8-10-19-9-6-7-11-22(19)23/h6-7,9,11,15-18,23-24,35H,3-5,8,10,12-14H2,1-2H3,(H,28,34)(H,29,33)(H,30,32)/t23?,24-/m0/s1. The lowest BCUT2D eigenvalue weighted by Gasteiger charge is -2.28. The predicted molar refractivity (Wildman–Crippen MR) is 135 cm³/mol. The third-order valence-electron chi connectivity index (χ3n) is 6.47. The Bertz CT molecular complexity index is 1010. The van der Waals surface area contributed by atoms with Crippen LogP contribution in [0.3, 0.4) is 0 Å². The minimum absolute atomic E-state index is 0.0699. The van der Waals surface area contributed by atoms with Crippen molar-refractivity contribution in [2.24, 2.45) is 0 Å². The van der Waals surface area contributed by atoms with E-state index in [0.717, 1.165) is 30.5 Å². The molecule has 8 heteroatoms. The van der Waals surface area contributed by atoms with Crippen molar-refractivity contribution in [2.75, 3.05) is 19.0 Å². The first-order chi connectivity index (χ1) is 16.9. The largest absolute Gasteiger partial charge is 0.378 e. The molecule has 0 fully saturated rings. The van der Waals surface area contributed by atoms with Gasteiger partial charge >= 0.3 is 0 Å². The molecule has 0 aromatic heterocycles. The highest BCUT2D eigenvalue weighted by atomic mass is 16.5. The van der Waals surface area contributed by atoms with E-state index in [-0.39, 0.29) is 24.3 Å². The average molecular weight is 481 g/mol. The van der Waals surface area contributed by atoms with Crippen molar-refractivity contribution < 1.29 is 19.6 Å². The van der Waals surface area contributed by atoms with Gasteiger partial charge in [-0.1, -0.05) is 37.1 Å². The van der Waals surface area contributed by atoms with Gasteiger partial charge in [0.25, 0.3) is 5.91 Å². The maximum Gasteiger partial charge on any atom is 0.251 e. The minimum atomic E-state index is -0.684. The Morgan fingerprint density at radius 1 is 1.03 bits per heavy atom. The number of hydroxylamine groups is 1. The van der Waals surface area contributed by atoms with Crippen LogP contribution in [0.4, 0.5) is 5.69 Å². The van der Waals surface area contributed by atoms with Gasteiger partial charge in [0, 0.05) is 31.8 Å². The number of aryl methyl sites for hydroxylation is 1. The Balaban J connectivity index is 1.66. The molecule has 0 heterocycles. The van der Waals surface area contributed by atoms with Gasteiger partial charge in [-0.05, 0) is 67.5 Å². The summed E-state index contributed by atoms with van der Waals surface area (Å²) < 4.78 is 0. The Labute approximate surface area is 207 Å². The Morgan fingerprint density at radius 3 is 2.49 bits per heavy atom. The van der Waals surface area contributed by atoms with Crippen molar-refractivity contribution >= 4 is 23.4 Å². The zero-order valence-corrected chi connectivity index (χ0v) is 20.5. The molecule has 0 saturated carbocycles. The van der Waals surface area contributed by atoms with Crippen molar-refractivity contribution in [3.8, 4) is 0 Å². The van der Waals surface area contributed by atoms with E-state index in [1.807, 2.05) is 43.3 Å². The molecule has 0 bridgehead atoms. The topological polar surface area (TPSA) is 111 Å². The van der Waals surface area contributed by atoms with Crippen molar-refractivity contribution in [1.82, 2.24) is 16.1 Å². The third-order valence-corrected chi connectivity index (χ3v) is 6.47.